The van der Waals surface area contributed by atoms with Crippen LogP contribution in [-0.2, 0) is 0 Å². The standard InChI is InChI=1S/C16H21F3O2/c1-2-21-14-9-4-3-8-13(14)15(20)11-6-5-7-12(10-11)16(17,18)19/h3-4,8-9,11-12,15,20H,2,5-7,10H2,1H3. The number of aliphatic hydroxyl groups is 1. The van der Waals surface area contributed by atoms with Crippen molar-refractivity contribution in [2.24, 2.45) is 11.8 Å². The van der Waals surface area contributed by atoms with Gasteiger partial charge < -0.3 is 9.84 Å². The van der Waals surface area contributed by atoms with Crippen molar-refractivity contribution in [3.8, 4) is 5.75 Å². The third-order valence-electron chi connectivity index (χ3n) is 4.16. The molecule has 21 heavy (non-hydrogen) atoms. The normalized spacial score (nSPS) is 24.6. The topological polar surface area (TPSA) is 29.5 Å². The molecule has 0 spiro atoms. The van der Waals surface area contributed by atoms with Crippen LogP contribution in [0.3, 0.4) is 0 Å². The predicted molar refractivity (Wildman–Crippen MR) is 74.1 cm³/mol. The van der Waals surface area contributed by atoms with Gasteiger partial charge in [-0.2, -0.15) is 13.2 Å². The van der Waals surface area contributed by atoms with E-state index in [1.807, 2.05) is 6.92 Å². The number of benzene rings is 1. The molecule has 0 radical (unpaired) electrons. The Hall–Kier alpha value is -1.23. The smallest absolute Gasteiger partial charge is 0.391 e. The minimum absolute atomic E-state index is 0.00880. The molecule has 1 aliphatic rings. The SMILES string of the molecule is CCOc1ccccc1C(O)C1CCCC(C(F)(F)F)C1. The Morgan fingerprint density at radius 2 is 2.00 bits per heavy atom. The summed E-state index contributed by atoms with van der Waals surface area (Å²) in [5.74, 6) is -1.11. The van der Waals surface area contributed by atoms with Crippen molar-refractivity contribution in [1.29, 1.82) is 0 Å². The van der Waals surface area contributed by atoms with Gasteiger partial charge in [0.05, 0.1) is 18.6 Å². The molecular formula is C16H21F3O2. The van der Waals surface area contributed by atoms with Crippen molar-refractivity contribution in [2.75, 3.05) is 6.61 Å². The molecule has 0 heterocycles. The van der Waals surface area contributed by atoms with E-state index in [1.165, 1.54) is 0 Å². The first-order valence-electron chi connectivity index (χ1n) is 7.40. The maximum Gasteiger partial charge on any atom is 0.391 e. The lowest BCUT2D eigenvalue weighted by molar-refractivity contribution is -0.189. The number of aliphatic hydroxyl groups excluding tert-OH is 1. The average Bonchev–Trinajstić information content (AvgIpc) is 2.47. The number of hydrogen-bond acceptors (Lipinski definition) is 2. The van der Waals surface area contributed by atoms with E-state index in [-0.39, 0.29) is 18.8 Å². The van der Waals surface area contributed by atoms with E-state index in [1.54, 1.807) is 24.3 Å². The highest BCUT2D eigenvalue weighted by Gasteiger charge is 2.43. The van der Waals surface area contributed by atoms with Crippen molar-refractivity contribution >= 4 is 0 Å². The van der Waals surface area contributed by atoms with Crippen molar-refractivity contribution in [1.82, 2.24) is 0 Å². The lowest BCUT2D eigenvalue weighted by atomic mass is 9.76. The second kappa shape index (κ2) is 6.69. The molecule has 1 aliphatic carbocycles. The van der Waals surface area contributed by atoms with Crippen molar-refractivity contribution in [2.45, 2.75) is 44.9 Å². The van der Waals surface area contributed by atoms with Gasteiger partial charge in [0.15, 0.2) is 0 Å². The second-order valence-electron chi connectivity index (χ2n) is 5.58. The van der Waals surface area contributed by atoms with Crippen LogP contribution in [0.15, 0.2) is 24.3 Å². The van der Waals surface area contributed by atoms with E-state index in [0.29, 0.717) is 30.8 Å². The molecule has 1 saturated carbocycles. The summed E-state index contributed by atoms with van der Waals surface area (Å²) in [7, 11) is 0. The number of halogens is 3. The van der Waals surface area contributed by atoms with Crippen LogP contribution in [0, 0.1) is 11.8 Å². The van der Waals surface area contributed by atoms with Crippen LogP contribution in [0.1, 0.15) is 44.3 Å². The van der Waals surface area contributed by atoms with E-state index >= 15 is 0 Å². The third kappa shape index (κ3) is 3.90. The van der Waals surface area contributed by atoms with Gasteiger partial charge in [-0.1, -0.05) is 24.6 Å². The van der Waals surface area contributed by atoms with Crippen molar-refractivity contribution in [3.05, 3.63) is 29.8 Å². The molecule has 1 aromatic rings. The molecule has 0 aliphatic heterocycles. The Bertz CT molecular complexity index is 459. The third-order valence-corrected chi connectivity index (χ3v) is 4.16. The van der Waals surface area contributed by atoms with Crippen LogP contribution in [0.5, 0.6) is 5.75 Å². The van der Waals surface area contributed by atoms with Gasteiger partial charge in [-0.3, -0.25) is 0 Å². The van der Waals surface area contributed by atoms with E-state index in [0.717, 1.165) is 0 Å². The lowest BCUT2D eigenvalue weighted by Crippen LogP contribution is -2.31. The fourth-order valence-electron chi connectivity index (χ4n) is 3.08. The van der Waals surface area contributed by atoms with Gasteiger partial charge in [0.2, 0.25) is 0 Å². The van der Waals surface area contributed by atoms with E-state index in [2.05, 4.69) is 0 Å². The van der Waals surface area contributed by atoms with Gasteiger partial charge in [-0.25, -0.2) is 0 Å². The van der Waals surface area contributed by atoms with Gasteiger partial charge in [0, 0.05) is 5.56 Å². The summed E-state index contributed by atoms with van der Waals surface area (Å²) in [6, 6.07) is 7.03. The number of rotatable bonds is 4. The average molecular weight is 302 g/mol. The molecule has 0 bridgehead atoms. The molecule has 1 N–H and O–H groups in total. The zero-order valence-electron chi connectivity index (χ0n) is 12.1. The summed E-state index contributed by atoms with van der Waals surface area (Å²) in [4.78, 5) is 0. The minimum Gasteiger partial charge on any atom is -0.493 e. The summed E-state index contributed by atoms with van der Waals surface area (Å²) in [6.07, 6.45) is -3.79. The molecule has 118 valence electrons. The van der Waals surface area contributed by atoms with E-state index in [9.17, 15) is 18.3 Å². The Kier molecular flexibility index (Phi) is 5.14. The van der Waals surface area contributed by atoms with Crippen LogP contribution in [-0.4, -0.2) is 17.9 Å². The highest BCUT2D eigenvalue weighted by Crippen LogP contribution is 2.45. The van der Waals surface area contributed by atoms with Crippen LogP contribution >= 0.6 is 0 Å². The molecule has 0 aromatic heterocycles. The zero-order valence-corrected chi connectivity index (χ0v) is 12.1. The molecule has 3 atom stereocenters. The first kappa shape index (κ1) is 16.1. The Morgan fingerprint density at radius 3 is 2.67 bits per heavy atom. The Labute approximate surface area is 122 Å². The van der Waals surface area contributed by atoms with E-state index < -0.39 is 18.2 Å². The highest BCUT2D eigenvalue weighted by atomic mass is 19.4. The van der Waals surface area contributed by atoms with Gasteiger partial charge in [-0.15, -0.1) is 0 Å². The molecular weight excluding hydrogens is 281 g/mol. The van der Waals surface area contributed by atoms with Crippen molar-refractivity contribution in [3.63, 3.8) is 0 Å². The molecule has 5 heteroatoms. The highest BCUT2D eigenvalue weighted by molar-refractivity contribution is 5.35. The molecule has 2 nitrogen and oxygen atoms in total. The summed E-state index contributed by atoms with van der Waals surface area (Å²) in [6.45, 7) is 2.29. The first-order chi connectivity index (χ1) is 9.93. The summed E-state index contributed by atoms with van der Waals surface area (Å²) in [5, 5.41) is 10.5. The zero-order chi connectivity index (χ0) is 15.5. The van der Waals surface area contributed by atoms with Crippen LogP contribution in [0.2, 0.25) is 0 Å². The molecule has 0 amide bonds. The molecule has 1 aromatic carbocycles. The minimum atomic E-state index is -4.17. The lowest BCUT2D eigenvalue weighted by Gasteiger charge is -2.33. The molecule has 1 fully saturated rings. The molecule has 0 saturated heterocycles. The Morgan fingerprint density at radius 1 is 1.29 bits per heavy atom. The number of hydrogen-bond donors (Lipinski definition) is 1. The van der Waals surface area contributed by atoms with Crippen LogP contribution < -0.4 is 4.74 Å². The summed E-state index contributed by atoms with van der Waals surface area (Å²) < 4.78 is 44.1. The van der Waals surface area contributed by atoms with Gasteiger partial charge >= 0.3 is 6.18 Å². The van der Waals surface area contributed by atoms with E-state index in [4.69, 9.17) is 4.74 Å². The molecule has 2 rings (SSSR count). The van der Waals surface area contributed by atoms with Crippen molar-refractivity contribution < 1.29 is 23.0 Å². The Balaban J connectivity index is 2.14. The number of ether oxygens (including phenoxy) is 1. The first-order valence-corrected chi connectivity index (χ1v) is 7.40. The van der Waals surface area contributed by atoms with Crippen LogP contribution in [0.25, 0.3) is 0 Å². The largest absolute Gasteiger partial charge is 0.493 e. The number of alkyl halides is 3. The van der Waals surface area contributed by atoms with Gasteiger partial charge in [0.1, 0.15) is 5.75 Å². The maximum atomic E-state index is 12.9. The van der Waals surface area contributed by atoms with Gasteiger partial charge in [-0.05, 0) is 38.2 Å². The summed E-state index contributed by atoms with van der Waals surface area (Å²) >= 11 is 0. The van der Waals surface area contributed by atoms with Crippen LogP contribution in [0.4, 0.5) is 13.2 Å². The summed E-state index contributed by atoms with van der Waals surface area (Å²) in [5.41, 5.74) is 0.590. The molecule has 3 unspecified atom stereocenters. The monoisotopic (exact) mass is 302 g/mol. The maximum absolute atomic E-state index is 12.9. The quantitative estimate of drug-likeness (QED) is 0.888. The predicted octanol–water partition coefficient (Wildman–Crippen LogP) is 4.49. The fraction of sp³-hybridized carbons (Fsp3) is 0.625. The second-order valence-corrected chi connectivity index (χ2v) is 5.58. The number of para-hydroxylation sites is 1. The van der Waals surface area contributed by atoms with Gasteiger partial charge in [0.25, 0.3) is 0 Å². The fourth-order valence-corrected chi connectivity index (χ4v) is 3.08.